The highest BCUT2D eigenvalue weighted by Crippen LogP contribution is 2.16. The zero-order valence-electron chi connectivity index (χ0n) is 16.0. The fourth-order valence-electron chi connectivity index (χ4n) is 2.48. The molecule has 30 heavy (non-hydrogen) atoms. The first-order valence-electron chi connectivity index (χ1n) is 8.90. The van der Waals surface area contributed by atoms with Crippen molar-refractivity contribution in [3.8, 4) is 0 Å². The number of carbonyl (C=O) groups excluding carboxylic acids is 4. The van der Waals surface area contributed by atoms with E-state index >= 15 is 0 Å². The molecule has 0 spiro atoms. The van der Waals surface area contributed by atoms with Gasteiger partial charge in [0, 0.05) is 25.2 Å². The first kappa shape index (κ1) is 22.3. The van der Waals surface area contributed by atoms with E-state index in [-0.39, 0.29) is 25.1 Å². The summed E-state index contributed by atoms with van der Waals surface area (Å²) in [6.45, 7) is -0.422. The number of nitrogens with two attached hydrogens (primary N) is 2. The minimum Gasteiger partial charge on any atom is -0.452 e. The third-order valence-corrected chi connectivity index (χ3v) is 4.00. The largest absolute Gasteiger partial charge is 0.452 e. The lowest BCUT2D eigenvalue weighted by atomic mass is 10.1. The highest BCUT2D eigenvalue weighted by Gasteiger charge is 2.19. The molecule has 2 aromatic carbocycles. The van der Waals surface area contributed by atoms with Crippen molar-refractivity contribution in [2.45, 2.75) is 13.0 Å². The maximum absolute atomic E-state index is 13.1. The number of primary amides is 2. The molecule has 0 atom stereocenters. The number of hydrogen-bond acceptors (Lipinski definition) is 5. The van der Waals surface area contributed by atoms with E-state index in [1.807, 2.05) is 0 Å². The predicted octanol–water partition coefficient (Wildman–Crippen LogP) is 1.06. The number of esters is 1. The number of nitrogens with one attached hydrogen (secondary N) is 1. The van der Waals surface area contributed by atoms with Crippen molar-refractivity contribution in [3.63, 3.8) is 0 Å². The van der Waals surface area contributed by atoms with Gasteiger partial charge >= 0.3 is 12.0 Å². The number of amides is 4. The minimum atomic E-state index is -0.730. The summed E-state index contributed by atoms with van der Waals surface area (Å²) in [4.78, 5) is 47.7. The molecule has 10 heteroatoms. The van der Waals surface area contributed by atoms with Gasteiger partial charge in [-0.1, -0.05) is 12.1 Å². The van der Waals surface area contributed by atoms with Crippen LogP contribution in [0.5, 0.6) is 0 Å². The van der Waals surface area contributed by atoms with E-state index in [0.29, 0.717) is 5.69 Å². The number of halogens is 1. The smallest absolute Gasteiger partial charge is 0.338 e. The molecule has 0 radical (unpaired) electrons. The van der Waals surface area contributed by atoms with Crippen molar-refractivity contribution >= 4 is 29.5 Å². The number of nitrogens with zero attached hydrogens (tertiary/aromatic N) is 1. The zero-order chi connectivity index (χ0) is 22.1. The van der Waals surface area contributed by atoms with Gasteiger partial charge in [0.25, 0.3) is 5.91 Å². The Labute approximate surface area is 171 Å². The zero-order valence-corrected chi connectivity index (χ0v) is 16.0. The number of hydrogen-bond donors (Lipinski definition) is 3. The Morgan fingerprint density at radius 2 is 1.60 bits per heavy atom. The molecule has 0 aromatic heterocycles. The topological polar surface area (TPSA) is 145 Å². The Morgan fingerprint density at radius 1 is 0.967 bits per heavy atom. The van der Waals surface area contributed by atoms with Crippen molar-refractivity contribution in [2.24, 2.45) is 11.5 Å². The van der Waals surface area contributed by atoms with Crippen LogP contribution in [0, 0.1) is 5.82 Å². The molecule has 0 saturated heterocycles. The number of rotatable bonds is 9. The molecule has 5 N–H and O–H groups in total. The third-order valence-electron chi connectivity index (χ3n) is 4.00. The molecular formula is C20H21FN4O5. The molecule has 0 aliphatic rings. The molecule has 2 aromatic rings. The van der Waals surface area contributed by atoms with E-state index in [9.17, 15) is 23.6 Å². The van der Waals surface area contributed by atoms with Gasteiger partial charge in [0.15, 0.2) is 6.61 Å². The lowest BCUT2D eigenvalue weighted by Gasteiger charge is -2.22. The predicted molar refractivity (Wildman–Crippen MR) is 106 cm³/mol. The summed E-state index contributed by atoms with van der Waals surface area (Å²) in [6, 6.07) is 10.6. The second kappa shape index (κ2) is 10.6. The second-order valence-corrected chi connectivity index (χ2v) is 6.23. The average Bonchev–Trinajstić information content (AvgIpc) is 2.72. The van der Waals surface area contributed by atoms with Crippen molar-refractivity contribution in [3.05, 3.63) is 65.5 Å². The quantitative estimate of drug-likeness (QED) is 0.524. The molecule has 9 nitrogen and oxygen atoms in total. The van der Waals surface area contributed by atoms with Crippen LogP contribution >= 0.6 is 0 Å². The number of benzene rings is 2. The second-order valence-electron chi connectivity index (χ2n) is 6.23. The van der Waals surface area contributed by atoms with E-state index in [1.54, 1.807) is 12.1 Å². The van der Waals surface area contributed by atoms with E-state index < -0.39 is 36.2 Å². The number of urea groups is 1. The van der Waals surface area contributed by atoms with Gasteiger partial charge in [-0.2, -0.15) is 0 Å². The lowest BCUT2D eigenvalue weighted by molar-refractivity contribution is -0.121. The number of ether oxygens (including phenoxy) is 1. The normalized spacial score (nSPS) is 10.2. The highest BCUT2D eigenvalue weighted by molar-refractivity contribution is 5.97. The summed E-state index contributed by atoms with van der Waals surface area (Å²) < 4.78 is 18.2. The van der Waals surface area contributed by atoms with Crippen LogP contribution in [0.15, 0.2) is 48.5 Å². The fraction of sp³-hybridized carbons (Fsp3) is 0.200. The molecule has 0 unspecified atom stereocenters. The average molecular weight is 416 g/mol. The van der Waals surface area contributed by atoms with Crippen LogP contribution in [-0.4, -0.2) is 37.0 Å². The van der Waals surface area contributed by atoms with Crippen molar-refractivity contribution in [1.29, 1.82) is 0 Å². The van der Waals surface area contributed by atoms with Crippen molar-refractivity contribution in [2.75, 3.05) is 18.1 Å². The summed E-state index contributed by atoms with van der Waals surface area (Å²) in [7, 11) is 0. The molecule has 0 saturated carbocycles. The monoisotopic (exact) mass is 416 g/mol. The van der Waals surface area contributed by atoms with Crippen molar-refractivity contribution < 1.29 is 28.3 Å². The summed E-state index contributed by atoms with van der Waals surface area (Å²) >= 11 is 0. The summed E-state index contributed by atoms with van der Waals surface area (Å²) in [5.74, 6) is -2.43. The fourth-order valence-corrected chi connectivity index (χ4v) is 2.48. The van der Waals surface area contributed by atoms with E-state index in [2.05, 4.69) is 5.32 Å². The third kappa shape index (κ3) is 6.89. The van der Waals surface area contributed by atoms with Crippen LogP contribution in [0.2, 0.25) is 0 Å². The molecule has 4 amide bonds. The lowest BCUT2D eigenvalue weighted by Crippen LogP contribution is -2.37. The van der Waals surface area contributed by atoms with Crippen LogP contribution in [-0.2, 0) is 20.9 Å². The Morgan fingerprint density at radius 3 is 2.17 bits per heavy atom. The van der Waals surface area contributed by atoms with Crippen LogP contribution in [0.1, 0.15) is 22.3 Å². The van der Waals surface area contributed by atoms with Crippen LogP contribution in [0.3, 0.4) is 0 Å². The Balaban J connectivity index is 1.99. The van der Waals surface area contributed by atoms with E-state index in [4.69, 9.17) is 16.2 Å². The standard InChI is InChI=1S/C20H21FN4O5/c21-15-5-7-16(8-6-15)25(10-9-17(22)26)18(27)12-30-19(28)14-3-1-13(2-4-14)11-24-20(23)29/h1-8H,9-12H2,(H2,22,26)(H3,23,24,29). The van der Waals surface area contributed by atoms with Crippen LogP contribution < -0.4 is 21.7 Å². The highest BCUT2D eigenvalue weighted by atomic mass is 19.1. The Kier molecular flexibility index (Phi) is 7.86. The van der Waals surface area contributed by atoms with Gasteiger partial charge in [-0.05, 0) is 42.0 Å². The molecule has 0 heterocycles. The van der Waals surface area contributed by atoms with Crippen molar-refractivity contribution in [1.82, 2.24) is 5.32 Å². The molecule has 0 aliphatic carbocycles. The van der Waals surface area contributed by atoms with Gasteiger partial charge in [0.1, 0.15) is 5.82 Å². The maximum atomic E-state index is 13.1. The SMILES string of the molecule is NC(=O)CCN(C(=O)COC(=O)c1ccc(CNC(N)=O)cc1)c1ccc(F)cc1. The molecule has 158 valence electrons. The van der Waals surface area contributed by atoms with Gasteiger partial charge in [0.05, 0.1) is 5.56 Å². The van der Waals surface area contributed by atoms with Crippen LogP contribution in [0.25, 0.3) is 0 Å². The molecule has 0 bridgehead atoms. The summed E-state index contributed by atoms with van der Waals surface area (Å²) in [5.41, 5.74) is 11.4. The Hall–Kier alpha value is -3.95. The van der Waals surface area contributed by atoms with Gasteiger partial charge in [0.2, 0.25) is 5.91 Å². The number of carbonyl (C=O) groups is 4. The first-order valence-corrected chi connectivity index (χ1v) is 8.90. The number of anilines is 1. The van der Waals surface area contributed by atoms with E-state index in [1.165, 1.54) is 41.3 Å². The van der Waals surface area contributed by atoms with Gasteiger partial charge in [-0.3, -0.25) is 9.59 Å². The molecule has 2 rings (SSSR count). The summed E-state index contributed by atoms with van der Waals surface area (Å²) in [5, 5.41) is 2.42. The van der Waals surface area contributed by atoms with Crippen LogP contribution in [0.4, 0.5) is 14.9 Å². The van der Waals surface area contributed by atoms with E-state index in [0.717, 1.165) is 5.56 Å². The summed E-state index contributed by atoms with van der Waals surface area (Å²) in [6.07, 6.45) is -0.113. The van der Waals surface area contributed by atoms with Gasteiger partial charge < -0.3 is 26.4 Å². The maximum Gasteiger partial charge on any atom is 0.338 e. The first-order chi connectivity index (χ1) is 14.3. The molecule has 0 aliphatic heterocycles. The van der Waals surface area contributed by atoms with Gasteiger partial charge in [-0.15, -0.1) is 0 Å². The molecular weight excluding hydrogens is 395 g/mol. The molecule has 0 fully saturated rings. The minimum absolute atomic E-state index is 0.0427. The Bertz CT molecular complexity index is 916. The van der Waals surface area contributed by atoms with Gasteiger partial charge in [-0.25, -0.2) is 14.0 Å².